The first-order valence-electron chi connectivity index (χ1n) is 7.54. The summed E-state index contributed by atoms with van der Waals surface area (Å²) in [6, 6.07) is 7.64. The van der Waals surface area contributed by atoms with Crippen LogP contribution >= 0.6 is 0 Å². The molecule has 110 valence electrons. The molecule has 4 heteroatoms. The molecule has 0 spiro atoms. The van der Waals surface area contributed by atoms with Crippen LogP contribution in [-0.2, 0) is 4.74 Å². The number of anilines is 1. The van der Waals surface area contributed by atoms with E-state index in [2.05, 4.69) is 17.6 Å². The van der Waals surface area contributed by atoms with Crippen molar-refractivity contribution in [1.29, 1.82) is 0 Å². The van der Waals surface area contributed by atoms with E-state index in [0.29, 0.717) is 12.1 Å². The van der Waals surface area contributed by atoms with Gasteiger partial charge in [-0.1, -0.05) is 19.1 Å². The molecule has 1 heterocycles. The highest BCUT2D eigenvalue weighted by molar-refractivity contribution is 5.99. The molecule has 0 bridgehead atoms. The average molecular weight is 276 g/mol. The SMILES string of the molecule is CCCNc1ccccc1C(=O)NCC1CCCCO1. The monoisotopic (exact) mass is 276 g/mol. The molecule has 1 aliphatic rings. The Hall–Kier alpha value is -1.55. The summed E-state index contributed by atoms with van der Waals surface area (Å²) < 4.78 is 5.63. The van der Waals surface area contributed by atoms with E-state index < -0.39 is 0 Å². The number of nitrogens with one attached hydrogen (secondary N) is 2. The highest BCUT2D eigenvalue weighted by Crippen LogP contribution is 2.16. The van der Waals surface area contributed by atoms with Crippen LogP contribution in [0.5, 0.6) is 0 Å². The fourth-order valence-electron chi connectivity index (χ4n) is 2.37. The van der Waals surface area contributed by atoms with Crippen LogP contribution in [0, 0.1) is 0 Å². The fourth-order valence-corrected chi connectivity index (χ4v) is 2.37. The molecule has 2 N–H and O–H groups in total. The summed E-state index contributed by atoms with van der Waals surface area (Å²) in [6.07, 6.45) is 4.56. The third-order valence-corrected chi connectivity index (χ3v) is 3.50. The molecule has 1 atom stereocenters. The van der Waals surface area contributed by atoms with Crippen LogP contribution in [0.4, 0.5) is 5.69 Å². The quantitative estimate of drug-likeness (QED) is 0.840. The highest BCUT2D eigenvalue weighted by Gasteiger charge is 2.16. The van der Waals surface area contributed by atoms with Crippen molar-refractivity contribution in [2.75, 3.05) is 25.0 Å². The van der Waals surface area contributed by atoms with Crippen LogP contribution in [0.25, 0.3) is 0 Å². The van der Waals surface area contributed by atoms with Gasteiger partial charge in [-0.25, -0.2) is 0 Å². The number of para-hydroxylation sites is 1. The molecule has 1 amide bonds. The molecule has 0 saturated carbocycles. The van der Waals surface area contributed by atoms with E-state index in [9.17, 15) is 4.79 Å². The van der Waals surface area contributed by atoms with Crippen molar-refractivity contribution in [3.63, 3.8) is 0 Å². The zero-order chi connectivity index (χ0) is 14.2. The molecule has 1 fully saturated rings. The zero-order valence-electron chi connectivity index (χ0n) is 12.2. The predicted molar refractivity (Wildman–Crippen MR) is 81.1 cm³/mol. The second-order valence-electron chi connectivity index (χ2n) is 5.17. The van der Waals surface area contributed by atoms with Crippen molar-refractivity contribution >= 4 is 11.6 Å². The van der Waals surface area contributed by atoms with Crippen LogP contribution < -0.4 is 10.6 Å². The number of ether oxygens (including phenoxy) is 1. The Balaban J connectivity index is 1.90. The second-order valence-corrected chi connectivity index (χ2v) is 5.17. The van der Waals surface area contributed by atoms with Gasteiger partial charge in [-0.2, -0.15) is 0 Å². The van der Waals surface area contributed by atoms with Crippen LogP contribution in [0.1, 0.15) is 43.0 Å². The van der Waals surface area contributed by atoms with E-state index >= 15 is 0 Å². The summed E-state index contributed by atoms with van der Waals surface area (Å²) in [5, 5.41) is 6.27. The van der Waals surface area contributed by atoms with Crippen molar-refractivity contribution in [3.05, 3.63) is 29.8 Å². The van der Waals surface area contributed by atoms with Gasteiger partial charge in [0.2, 0.25) is 0 Å². The fraction of sp³-hybridized carbons (Fsp3) is 0.562. The van der Waals surface area contributed by atoms with Gasteiger partial charge in [0.15, 0.2) is 0 Å². The van der Waals surface area contributed by atoms with Crippen LogP contribution in [0.2, 0.25) is 0 Å². The molecule has 0 aliphatic carbocycles. The van der Waals surface area contributed by atoms with E-state index in [-0.39, 0.29) is 12.0 Å². The highest BCUT2D eigenvalue weighted by atomic mass is 16.5. The number of hydrogen-bond acceptors (Lipinski definition) is 3. The topological polar surface area (TPSA) is 50.4 Å². The third-order valence-electron chi connectivity index (χ3n) is 3.50. The van der Waals surface area contributed by atoms with E-state index in [4.69, 9.17) is 4.74 Å². The van der Waals surface area contributed by atoms with E-state index in [0.717, 1.165) is 38.1 Å². The molecular weight excluding hydrogens is 252 g/mol. The van der Waals surface area contributed by atoms with Crippen molar-refractivity contribution in [2.24, 2.45) is 0 Å². The van der Waals surface area contributed by atoms with Gasteiger partial charge in [-0.15, -0.1) is 0 Å². The Morgan fingerprint density at radius 2 is 2.20 bits per heavy atom. The summed E-state index contributed by atoms with van der Waals surface area (Å²) >= 11 is 0. The van der Waals surface area contributed by atoms with Gasteiger partial charge < -0.3 is 15.4 Å². The first-order chi connectivity index (χ1) is 9.81. The third kappa shape index (κ3) is 4.23. The summed E-state index contributed by atoms with van der Waals surface area (Å²) in [5.74, 6) is -0.0293. The summed E-state index contributed by atoms with van der Waals surface area (Å²) in [7, 11) is 0. The standard InChI is InChI=1S/C16H24N2O2/c1-2-10-17-15-9-4-3-8-14(15)16(19)18-12-13-7-5-6-11-20-13/h3-4,8-9,13,17H,2,5-7,10-12H2,1H3,(H,18,19). The molecule has 1 aromatic carbocycles. The molecular formula is C16H24N2O2. The van der Waals surface area contributed by atoms with E-state index in [1.807, 2.05) is 24.3 Å². The molecule has 0 radical (unpaired) electrons. The van der Waals surface area contributed by atoms with E-state index in [1.54, 1.807) is 0 Å². The van der Waals surface area contributed by atoms with Crippen molar-refractivity contribution < 1.29 is 9.53 Å². The minimum absolute atomic E-state index is 0.0293. The summed E-state index contributed by atoms with van der Waals surface area (Å²) in [5.41, 5.74) is 1.60. The van der Waals surface area contributed by atoms with Gasteiger partial charge in [-0.05, 0) is 37.8 Å². The Morgan fingerprint density at radius 1 is 1.35 bits per heavy atom. The van der Waals surface area contributed by atoms with E-state index in [1.165, 1.54) is 6.42 Å². The number of rotatable bonds is 6. The van der Waals surface area contributed by atoms with Gasteiger partial charge in [0.05, 0.1) is 11.7 Å². The molecule has 2 rings (SSSR count). The molecule has 1 aliphatic heterocycles. The Labute approximate surface area is 120 Å². The van der Waals surface area contributed by atoms with Crippen LogP contribution in [0.15, 0.2) is 24.3 Å². The number of carbonyl (C=O) groups excluding carboxylic acids is 1. The molecule has 4 nitrogen and oxygen atoms in total. The predicted octanol–water partition coefficient (Wildman–Crippen LogP) is 2.81. The summed E-state index contributed by atoms with van der Waals surface area (Å²) in [6.45, 7) is 4.39. The number of amides is 1. The van der Waals surface area contributed by atoms with Gasteiger partial charge in [-0.3, -0.25) is 4.79 Å². The molecule has 1 aromatic rings. The molecule has 1 saturated heterocycles. The van der Waals surface area contributed by atoms with Crippen molar-refractivity contribution in [3.8, 4) is 0 Å². The van der Waals surface area contributed by atoms with Gasteiger partial charge in [0, 0.05) is 25.4 Å². The van der Waals surface area contributed by atoms with Crippen molar-refractivity contribution in [1.82, 2.24) is 5.32 Å². The second kappa shape index (κ2) is 7.90. The normalized spacial score (nSPS) is 18.6. The average Bonchev–Trinajstić information content (AvgIpc) is 2.52. The van der Waals surface area contributed by atoms with Crippen molar-refractivity contribution in [2.45, 2.75) is 38.7 Å². The van der Waals surface area contributed by atoms with Crippen LogP contribution in [-0.4, -0.2) is 31.7 Å². The van der Waals surface area contributed by atoms with Gasteiger partial charge in [0.25, 0.3) is 5.91 Å². The lowest BCUT2D eigenvalue weighted by Crippen LogP contribution is -2.35. The first kappa shape index (κ1) is 14.9. The summed E-state index contributed by atoms with van der Waals surface area (Å²) in [4.78, 5) is 12.3. The lowest BCUT2D eigenvalue weighted by Gasteiger charge is -2.23. The van der Waals surface area contributed by atoms with Crippen LogP contribution in [0.3, 0.4) is 0 Å². The molecule has 20 heavy (non-hydrogen) atoms. The minimum Gasteiger partial charge on any atom is -0.384 e. The first-order valence-corrected chi connectivity index (χ1v) is 7.54. The molecule has 1 unspecified atom stereocenters. The zero-order valence-corrected chi connectivity index (χ0v) is 12.2. The Kier molecular flexibility index (Phi) is 5.87. The van der Waals surface area contributed by atoms with Gasteiger partial charge in [0.1, 0.15) is 0 Å². The number of benzene rings is 1. The maximum Gasteiger partial charge on any atom is 0.253 e. The Bertz CT molecular complexity index is 428. The van der Waals surface area contributed by atoms with Gasteiger partial charge >= 0.3 is 0 Å². The molecule has 0 aromatic heterocycles. The number of hydrogen-bond donors (Lipinski definition) is 2. The lowest BCUT2D eigenvalue weighted by molar-refractivity contribution is 0.0169. The maximum atomic E-state index is 12.3. The lowest BCUT2D eigenvalue weighted by atomic mass is 10.1. The minimum atomic E-state index is -0.0293. The smallest absolute Gasteiger partial charge is 0.253 e. The number of carbonyl (C=O) groups is 1. The largest absolute Gasteiger partial charge is 0.384 e. The Morgan fingerprint density at radius 3 is 2.95 bits per heavy atom. The maximum absolute atomic E-state index is 12.3.